The molecule has 0 saturated carbocycles. The maximum absolute atomic E-state index is 12.1. The molecule has 0 unspecified atom stereocenters. The van der Waals surface area contributed by atoms with Gasteiger partial charge in [0.1, 0.15) is 17.2 Å². The Labute approximate surface area is 481 Å². The van der Waals surface area contributed by atoms with Crippen molar-refractivity contribution in [3.8, 4) is 0 Å². The van der Waals surface area contributed by atoms with Crippen LogP contribution in [0.25, 0.3) is 0 Å². The molecular formula is C52H95Cl5N4O9Si5. The second kappa shape index (κ2) is 33.0. The van der Waals surface area contributed by atoms with Crippen LogP contribution in [0.15, 0.2) is 9.98 Å². The molecule has 0 aromatic carbocycles. The zero-order chi connectivity index (χ0) is 56.7. The van der Waals surface area contributed by atoms with E-state index in [9.17, 15) is 9.59 Å². The summed E-state index contributed by atoms with van der Waals surface area (Å²) < 4.78 is 16.5. The van der Waals surface area contributed by atoms with Gasteiger partial charge in [0.05, 0.1) is 45.4 Å². The number of carbonyl (C=O) groups excluding carboxylic acids is 6. The van der Waals surface area contributed by atoms with Gasteiger partial charge in [-0.25, -0.2) is 14.6 Å². The number of hydrogen-bond acceptors (Lipinski definition) is 11. The largest absolute Gasteiger partial charge is 0.483 e. The summed E-state index contributed by atoms with van der Waals surface area (Å²) in [7, 11) is -2.81. The number of alkyl halides is 3. The van der Waals surface area contributed by atoms with E-state index in [1.165, 1.54) is 125 Å². The summed E-state index contributed by atoms with van der Waals surface area (Å²) in [6, 6.07) is 17.9. The van der Waals surface area contributed by atoms with Gasteiger partial charge in [-0.05, 0) is 91.5 Å². The van der Waals surface area contributed by atoms with E-state index in [1.807, 2.05) is 51.3 Å². The van der Waals surface area contributed by atoms with Crippen molar-refractivity contribution in [2.45, 2.75) is 241 Å². The lowest BCUT2D eigenvalue weighted by Gasteiger charge is -2.32. The van der Waals surface area contributed by atoms with Gasteiger partial charge in [-0.2, -0.15) is 19.2 Å². The van der Waals surface area contributed by atoms with Crippen LogP contribution in [0.5, 0.6) is 0 Å². The average Bonchev–Trinajstić information content (AvgIpc) is 4.21. The molecule has 2 spiro atoms. The van der Waals surface area contributed by atoms with Crippen molar-refractivity contribution in [3.05, 3.63) is 0 Å². The van der Waals surface area contributed by atoms with Gasteiger partial charge in [-0.15, -0.1) is 57.0 Å². The lowest BCUT2D eigenvalue weighted by molar-refractivity contribution is -0.193. The SMILES string of the molecule is CC(C)(C)OC(=O)N1CC[Si]2(CCCC2)C1.COC1=N[C@H](C(C)C)C(C)=N[C@H]1C[Si]1(CCl)CCCC1.C[C@@H]1C[Si]2(CCCC2)CN1C(=O)OC(C)(C)C.ClC[Si]1(CCl)CCCC1.Cl[Si]1(Cl)CCCC1.O=C=O.O=C=O. The monoisotopic (exact) mass is 1230 g/mol. The molecular weight excluding hydrogens is 1140 g/mol. The highest BCUT2D eigenvalue weighted by Gasteiger charge is 2.49. The predicted octanol–water partition coefficient (Wildman–Crippen LogP) is 14.7. The molecule has 8 aliphatic rings. The Morgan fingerprint density at radius 2 is 1.05 bits per heavy atom. The maximum Gasteiger partial charge on any atom is 0.410 e. The highest BCUT2D eigenvalue weighted by Crippen LogP contribution is 2.42. The van der Waals surface area contributed by atoms with Crippen LogP contribution < -0.4 is 0 Å². The van der Waals surface area contributed by atoms with E-state index in [0.29, 0.717) is 12.0 Å². The number of methoxy groups -OCH3 is 1. The first-order valence-corrected chi connectivity index (χ1v) is 45.1. The zero-order valence-corrected chi connectivity index (χ0v) is 56.4. The second-order valence-electron chi connectivity index (χ2n) is 25.1. The van der Waals surface area contributed by atoms with Crippen molar-refractivity contribution in [2.75, 3.05) is 42.5 Å². The molecule has 8 heterocycles. The molecule has 8 aliphatic heterocycles. The molecule has 0 N–H and O–H groups in total. The average molecular weight is 1240 g/mol. The van der Waals surface area contributed by atoms with Crippen LogP contribution in [0.2, 0.25) is 78.6 Å². The van der Waals surface area contributed by atoms with Gasteiger partial charge < -0.3 is 24.0 Å². The predicted molar refractivity (Wildman–Crippen MR) is 321 cm³/mol. The molecule has 0 bridgehead atoms. The molecule has 13 nitrogen and oxygen atoms in total. The molecule has 432 valence electrons. The van der Waals surface area contributed by atoms with E-state index in [0.717, 1.165) is 65.1 Å². The zero-order valence-electron chi connectivity index (χ0n) is 47.7. The quantitative estimate of drug-likeness (QED) is 0.143. The molecule has 23 heteroatoms. The van der Waals surface area contributed by atoms with Crippen molar-refractivity contribution in [1.82, 2.24) is 9.80 Å². The van der Waals surface area contributed by atoms with Gasteiger partial charge in [0.2, 0.25) is 5.90 Å². The van der Waals surface area contributed by atoms with Crippen LogP contribution in [-0.2, 0) is 33.4 Å². The third-order valence-corrected chi connectivity index (χ3v) is 44.7. The summed E-state index contributed by atoms with van der Waals surface area (Å²) in [5, 5.41) is 0. The fourth-order valence-electron chi connectivity index (χ4n) is 12.2. The molecule has 7 fully saturated rings. The Balaban J connectivity index is 0.000000323. The molecule has 2 amide bonds. The van der Waals surface area contributed by atoms with E-state index in [1.54, 1.807) is 7.11 Å². The number of hydrogen-bond donors (Lipinski definition) is 0. The smallest absolute Gasteiger partial charge is 0.410 e. The fraction of sp³-hybridized carbons (Fsp3) is 0.885. The Morgan fingerprint density at radius 3 is 1.44 bits per heavy atom. The number of amides is 2. The molecule has 3 atom stereocenters. The third-order valence-electron chi connectivity index (χ3n) is 16.1. The van der Waals surface area contributed by atoms with E-state index in [4.69, 9.17) is 100 Å². The molecule has 0 aromatic heterocycles. The van der Waals surface area contributed by atoms with Crippen molar-refractivity contribution in [3.63, 3.8) is 0 Å². The van der Waals surface area contributed by atoms with Crippen molar-refractivity contribution in [2.24, 2.45) is 15.9 Å². The van der Waals surface area contributed by atoms with Crippen LogP contribution in [0, 0.1) is 5.92 Å². The van der Waals surface area contributed by atoms with Crippen molar-refractivity contribution >= 4 is 132 Å². The number of nitrogens with zero attached hydrogens (tertiary/aromatic N) is 4. The van der Waals surface area contributed by atoms with E-state index in [2.05, 4.69) is 27.7 Å². The highest BCUT2D eigenvalue weighted by molar-refractivity contribution is 7.45. The molecule has 7 saturated heterocycles. The lowest BCUT2D eigenvalue weighted by atomic mass is 9.99. The Kier molecular flexibility index (Phi) is 30.9. The second-order valence-corrected chi connectivity index (χ2v) is 53.9. The van der Waals surface area contributed by atoms with Gasteiger partial charge >= 0.3 is 24.5 Å². The minimum Gasteiger partial charge on any atom is -0.483 e. The lowest BCUT2D eigenvalue weighted by Crippen LogP contribution is -2.43. The Bertz CT molecular complexity index is 1850. The van der Waals surface area contributed by atoms with E-state index < -0.39 is 39.0 Å². The van der Waals surface area contributed by atoms with Crippen LogP contribution in [0.3, 0.4) is 0 Å². The van der Waals surface area contributed by atoms with Gasteiger partial charge in [-0.3, -0.25) is 4.99 Å². The standard InChI is InChI=1S/C15H27ClN2OSi.C13H25NO2Si.C12H23NO2Si.C6H12Cl2Si.C4H8Cl2Si.2CO2/c1-11(2)14-12(3)17-13(15(18-14)19-4)9-20(10-16)7-5-6-8-20;1-11-9-17(7-5-6-8-17)10-14(11)12(15)16-13(2,3)4;1-12(2,3)15-11(14)13-6-9-16(10-13)7-4-5-8-16;7-5-9(6-8)3-1-2-4-9;5-7(6)3-1-2-4-7;2*2-1-3/h11,13-14H,5-10H2,1-4H3;11H,5-10H2,1-4H3;4-10H2,1-3H3;1-6H2;1-4H2;;/t13-,14+;11-;;;;;/m01...../s1. The van der Waals surface area contributed by atoms with Gasteiger partial charge in [0.25, 0.3) is 6.69 Å². The number of ether oxygens (including phenoxy) is 3. The minimum absolute atomic E-state index is 0.0937. The Hall–Kier alpha value is -1.03. The maximum atomic E-state index is 12.1. The molecule has 8 rings (SSSR count). The van der Waals surface area contributed by atoms with Gasteiger partial charge in [-0.1, -0.05) is 126 Å². The molecule has 0 aliphatic carbocycles. The van der Waals surface area contributed by atoms with E-state index >= 15 is 0 Å². The number of carbonyl (C=O) groups is 2. The van der Waals surface area contributed by atoms with E-state index in [-0.39, 0.29) is 47.8 Å². The minimum atomic E-state index is -1.60. The molecule has 0 radical (unpaired) electrons. The number of aliphatic imine (C=N–C) groups is 2. The first-order chi connectivity index (χ1) is 35.1. The summed E-state index contributed by atoms with van der Waals surface area (Å²) in [6.07, 6.45) is 16.0. The van der Waals surface area contributed by atoms with Crippen molar-refractivity contribution < 1.29 is 43.0 Å². The third kappa shape index (κ3) is 24.3. The first-order valence-electron chi connectivity index (χ1n) is 27.8. The summed E-state index contributed by atoms with van der Waals surface area (Å²) in [4.78, 5) is 70.3. The number of halogens is 5. The molecule has 0 aromatic rings. The summed E-state index contributed by atoms with van der Waals surface area (Å²) in [5.74, 6) is 1.30. The fourth-order valence-corrected chi connectivity index (χ4v) is 37.0. The number of rotatable bonds is 6. The van der Waals surface area contributed by atoms with Gasteiger partial charge in [0.15, 0.2) is 0 Å². The van der Waals surface area contributed by atoms with Crippen LogP contribution >= 0.6 is 57.0 Å². The van der Waals surface area contributed by atoms with Crippen LogP contribution in [-0.4, -0.2) is 157 Å². The normalized spacial score (nSPS) is 25.1. The van der Waals surface area contributed by atoms with Crippen LogP contribution in [0.1, 0.15) is 133 Å². The van der Waals surface area contributed by atoms with Crippen LogP contribution in [0.4, 0.5) is 9.59 Å². The summed E-state index contributed by atoms with van der Waals surface area (Å²) >= 11 is 29.8. The van der Waals surface area contributed by atoms with Gasteiger partial charge in [0, 0.05) is 47.1 Å². The van der Waals surface area contributed by atoms with Crippen molar-refractivity contribution in [1.29, 1.82) is 0 Å². The topological polar surface area (TPSA) is 161 Å². The highest BCUT2D eigenvalue weighted by atomic mass is 35.7. The molecule has 75 heavy (non-hydrogen) atoms. The summed E-state index contributed by atoms with van der Waals surface area (Å²) in [5.41, 5.74) is 3.06. The Morgan fingerprint density at radius 1 is 0.640 bits per heavy atom. The summed E-state index contributed by atoms with van der Waals surface area (Å²) in [6.45, 7) is 19.6. The first kappa shape index (κ1) is 70.1.